The molecule has 0 saturated carbocycles. The average Bonchev–Trinajstić information content (AvgIpc) is 2.72. The number of amides is 1. The van der Waals surface area contributed by atoms with Crippen molar-refractivity contribution in [3.05, 3.63) is 46.2 Å². The van der Waals surface area contributed by atoms with Crippen molar-refractivity contribution < 1.29 is 18.0 Å². The molecule has 2 aromatic rings. The Morgan fingerprint density at radius 3 is 2.43 bits per heavy atom. The van der Waals surface area contributed by atoms with Crippen molar-refractivity contribution in [2.45, 2.75) is 12.7 Å². The molecule has 1 heterocycles. The number of halogens is 5. The van der Waals surface area contributed by atoms with Crippen LogP contribution in [0.4, 0.5) is 18.9 Å². The van der Waals surface area contributed by atoms with Crippen LogP contribution >= 0.6 is 23.2 Å². The minimum absolute atomic E-state index is 0.139. The fraction of sp³-hybridized carbons (Fsp3) is 0.167. The van der Waals surface area contributed by atoms with Crippen LogP contribution in [0, 0.1) is 0 Å². The number of anilines is 1. The van der Waals surface area contributed by atoms with Gasteiger partial charge in [0.15, 0.2) is 0 Å². The van der Waals surface area contributed by atoms with Gasteiger partial charge >= 0.3 is 6.18 Å². The van der Waals surface area contributed by atoms with E-state index in [1.54, 1.807) is 0 Å². The number of rotatable bonds is 3. The summed E-state index contributed by atoms with van der Waals surface area (Å²) in [6, 6.07) is 4.24. The van der Waals surface area contributed by atoms with Crippen molar-refractivity contribution in [2.75, 3.05) is 5.32 Å². The van der Waals surface area contributed by atoms with Crippen LogP contribution in [0.15, 0.2) is 30.6 Å². The maximum absolute atomic E-state index is 12.2. The predicted molar refractivity (Wildman–Crippen MR) is 72.7 cm³/mol. The van der Waals surface area contributed by atoms with Crippen molar-refractivity contribution >= 4 is 34.8 Å². The fourth-order valence-corrected chi connectivity index (χ4v) is 2.11. The Bertz CT molecular complexity index is 650. The number of carbonyl (C=O) groups excluding carboxylic acids is 1. The largest absolute Gasteiger partial charge is 0.408 e. The van der Waals surface area contributed by atoms with Gasteiger partial charge < -0.3 is 5.32 Å². The molecular weight excluding hydrogens is 330 g/mol. The van der Waals surface area contributed by atoms with Gasteiger partial charge in [0.2, 0.25) is 0 Å². The van der Waals surface area contributed by atoms with Gasteiger partial charge in [-0.15, -0.1) is 0 Å². The summed E-state index contributed by atoms with van der Waals surface area (Å²) in [4.78, 5) is 11.9. The normalized spacial score (nSPS) is 11.5. The lowest BCUT2D eigenvalue weighted by molar-refractivity contribution is -0.142. The first-order valence-corrected chi connectivity index (χ1v) is 6.35. The number of nitrogens with one attached hydrogen (secondary N) is 1. The van der Waals surface area contributed by atoms with E-state index in [4.69, 9.17) is 23.2 Å². The monoisotopic (exact) mass is 337 g/mol. The minimum atomic E-state index is -4.38. The number of hydrogen-bond donors (Lipinski definition) is 1. The summed E-state index contributed by atoms with van der Waals surface area (Å²) in [6.07, 6.45) is -2.18. The van der Waals surface area contributed by atoms with E-state index in [2.05, 4.69) is 10.4 Å². The van der Waals surface area contributed by atoms with E-state index in [9.17, 15) is 18.0 Å². The molecule has 9 heteroatoms. The van der Waals surface area contributed by atoms with Gasteiger partial charge in [-0.25, -0.2) is 0 Å². The highest BCUT2D eigenvalue weighted by molar-refractivity contribution is 6.35. The van der Waals surface area contributed by atoms with Crippen molar-refractivity contribution in [1.82, 2.24) is 9.78 Å². The van der Waals surface area contributed by atoms with Crippen molar-refractivity contribution in [1.29, 1.82) is 0 Å². The molecule has 2 rings (SSSR count). The first-order valence-electron chi connectivity index (χ1n) is 5.59. The lowest BCUT2D eigenvalue weighted by atomic mass is 10.2. The third-order valence-corrected chi connectivity index (χ3v) is 2.79. The van der Waals surface area contributed by atoms with Gasteiger partial charge in [0.1, 0.15) is 6.54 Å². The SMILES string of the molecule is O=C(Nc1cnn(CC(F)(F)F)c1)c1cc(Cl)cc(Cl)c1. The lowest BCUT2D eigenvalue weighted by Gasteiger charge is -2.05. The molecule has 112 valence electrons. The van der Waals surface area contributed by atoms with Crippen LogP contribution in [0.3, 0.4) is 0 Å². The highest BCUT2D eigenvalue weighted by Crippen LogP contribution is 2.21. The number of aromatic nitrogens is 2. The summed E-state index contributed by atoms with van der Waals surface area (Å²) < 4.78 is 37.2. The van der Waals surface area contributed by atoms with Crippen LogP contribution in [0.2, 0.25) is 10.0 Å². The summed E-state index contributed by atoms with van der Waals surface area (Å²) in [5.41, 5.74) is 0.330. The molecule has 0 spiro atoms. The van der Waals surface area contributed by atoms with Gasteiger partial charge in [-0.2, -0.15) is 18.3 Å². The molecule has 1 aromatic heterocycles. The zero-order valence-electron chi connectivity index (χ0n) is 10.3. The van der Waals surface area contributed by atoms with Crippen LogP contribution in [0.1, 0.15) is 10.4 Å². The summed E-state index contributed by atoms with van der Waals surface area (Å²) in [6.45, 7) is -1.23. The smallest absolute Gasteiger partial charge is 0.319 e. The van der Waals surface area contributed by atoms with E-state index in [0.717, 1.165) is 12.4 Å². The predicted octanol–water partition coefficient (Wildman–Crippen LogP) is 4.00. The molecule has 1 aromatic carbocycles. The number of benzene rings is 1. The van der Waals surface area contributed by atoms with E-state index in [1.165, 1.54) is 18.2 Å². The molecule has 0 atom stereocenters. The lowest BCUT2D eigenvalue weighted by Crippen LogP contribution is -2.18. The van der Waals surface area contributed by atoms with Gasteiger partial charge in [0, 0.05) is 21.8 Å². The second-order valence-corrected chi connectivity index (χ2v) is 5.03. The molecule has 0 unspecified atom stereocenters. The number of carbonyl (C=O) groups is 1. The van der Waals surface area contributed by atoms with Crippen LogP contribution in [0.25, 0.3) is 0 Å². The highest BCUT2D eigenvalue weighted by Gasteiger charge is 2.28. The summed E-state index contributed by atoms with van der Waals surface area (Å²) >= 11 is 11.5. The molecule has 21 heavy (non-hydrogen) atoms. The third kappa shape index (κ3) is 4.64. The summed E-state index contributed by atoms with van der Waals surface area (Å²) in [7, 11) is 0. The molecule has 1 amide bonds. The van der Waals surface area contributed by atoms with Crippen LogP contribution < -0.4 is 5.32 Å². The fourth-order valence-electron chi connectivity index (χ4n) is 1.59. The Morgan fingerprint density at radius 1 is 1.24 bits per heavy atom. The van der Waals surface area contributed by atoms with Crippen LogP contribution in [0.5, 0.6) is 0 Å². The maximum atomic E-state index is 12.2. The standard InChI is InChI=1S/C12H8Cl2F3N3O/c13-8-1-7(2-9(14)3-8)11(21)19-10-4-18-20(5-10)6-12(15,16)17/h1-5H,6H2,(H,19,21). The zero-order chi connectivity index (χ0) is 15.6. The maximum Gasteiger partial charge on any atom is 0.408 e. The molecule has 0 fully saturated rings. The molecular formula is C12H8Cl2F3N3O. The van der Waals surface area contributed by atoms with Crippen LogP contribution in [-0.4, -0.2) is 21.9 Å². The Morgan fingerprint density at radius 2 is 1.86 bits per heavy atom. The summed E-state index contributed by atoms with van der Waals surface area (Å²) in [5, 5.41) is 6.48. The Labute approximate surface area is 127 Å². The van der Waals surface area contributed by atoms with E-state index in [0.29, 0.717) is 4.68 Å². The van der Waals surface area contributed by atoms with E-state index >= 15 is 0 Å². The first-order chi connectivity index (χ1) is 9.73. The number of nitrogens with zero attached hydrogens (tertiary/aromatic N) is 2. The molecule has 0 radical (unpaired) electrons. The van der Waals surface area contributed by atoms with E-state index < -0.39 is 18.6 Å². The van der Waals surface area contributed by atoms with E-state index in [-0.39, 0.29) is 21.3 Å². The molecule has 0 aliphatic carbocycles. The van der Waals surface area contributed by atoms with Gasteiger partial charge in [-0.05, 0) is 18.2 Å². The second kappa shape index (κ2) is 5.95. The second-order valence-electron chi connectivity index (χ2n) is 4.15. The minimum Gasteiger partial charge on any atom is -0.319 e. The van der Waals surface area contributed by atoms with E-state index in [1.807, 2.05) is 0 Å². The Balaban J connectivity index is 2.09. The zero-order valence-corrected chi connectivity index (χ0v) is 11.8. The molecule has 1 N–H and O–H groups in total. The van der Waals surface area contributed by atoms with Gasteiger partial charge in [0.25, 0.3) is 5.91 Å². The quantitative estimate of drug-likeness (QED) is 0.919. The number of alkyl halides is 3. The topological polar surface area (TPSA) is 46.9 Å². The van der Waals surface area contributed by atoms with Crippen molar-refractivity contribution in [2.24, 2.45) is 0 Å². The first kappa shape index (κ1) is 15.7. The van der Waals surface area contributed by atoms with Crippen molar-refractivity contribution in [3.63, 3.8) is 0 Å². The summed E-state index contributed by atoms with van der Waals surface area (Å²) in [5.74, 6) is -0.550. The Kier molecular flexibility index (Phi) is 4.43. The molecule has 0 bridgehead atoms. The molecule has 0 aliphatic rings. The molecule has 0 aliphatic heterocycles. The van der Waals surface area contributed by atoms with Gasteiger partial charge in [0.05, 0.1) is 11.9 Å². The molecule has 4 nitrogen and oxygen atoms in total. The van der Waals surface area contributed by atoms with Gasteiger partial charge in [-0.1, -0.05) is 23.2 Å². The highest BCUT2D eigenvalue weighted by atomic mass is 35.5. The van der Waals surface area contributed by atoms with Gasteiger partial charge in [-0.3, -0.25) is 9.48 Å². The molecule has 0 saturated heterocycles. The van der Waals surface area contributed by atoms with Crippen LogP contribution in [-0.2, 0) is 6.54 Å². The van der Waals surface area contributed by atoms with Crippen molar-refractivity contribution in [3.8, 4) is 0 Å². The third-order valence-electron chi connectivity index (χ3n) is 2.36. The Hall–Kier alpha value is -1.73. The average molecular weight is 338 g/mol. The number of hydrogen-bond acceptors (Lipinski definition) is 2.